The number of hydrogen-bond acceptors (Lipinski definition) is 1. The van der Waals surface area contributed by atoms with Crippen molar-refractivity contribution in [3.63, 3.8) is 0 Å². The van der Waals surface area contributed by atoms with E-state index in [0.29, 0.717) is 0 Å². The van der Waals surface area contributed by atoms with Crippen LogP contribution in [0.4, 0.5) is 0 Å². The summed E-state index contributed by atoms with van der Waals surface area (Å²) >= 11 is 4.64. The first-order valence-corrected chi connectivity index (χ1v) is 1.27. The van der Waals surface area contributed by atoms with Crippen LogP contribution in [0.2, 0.25) is 0 Å². The van der Waals surface area contributed by atoms with E-state index in [0.717, 1.165) is 0 Å². The Hall–Kier alpha value is 0.726. The standard InChI is InChI=1S/C2H3ClO.Mg.2H/c1-2(3)4;;;/h1H3;;;/q;+2;2*-1. The first-order chi connectivity index (χ1) is 1.73. The zero-order valence-corrected chi connectivity index (χ0v) is 5.16. The van der Waals surface area contributed by atoms with E-state index in [9.17, 15) is 4.79 Å². The maximum atomic E-state index is 9.21. The number of hydrogen-bond donors (Lipinski definition) is 0. The molecular weight excluding hydrogens is 99.8 g/mol. The number of carbonyl (C=O) groups is 1. The predicted molar refractivity (Wildman–Crippen MR) is 24.5 cm³/mol. The second-order valence-electron chi connectivity index (χ2n) is 0.470. The maximum absolute atomic E-state index is 9.21. The Morgan fingerprint density at radius 3 is 2.00 bits per heavy atom. The van der Waals surface area contributed by atoms with Gasteiger partial charge in [0.15, 0.2) is 0 Å². The SMILES string of the molecule is CC(=O)Cl.[H-].[H-].[Mg+2]. The van der Waals surface area contributed by atoms with Crippen molar-refractivity contribution < 1.29 is 7.65 Å². The molecule has 0 aliphatic rings. The molecule has 0 N–H and O–H groups in total. The summed E-state index contributed by atoms with van der Waals surface area (Å²) in [6, 6.07) is 0. The smallest absolute Gasteiger partial charge is 1.00 e. The largest absolute Gasteiger partial charge is 2.00 e. The van der Waals surface area contributed by atoms with Gasteiger partial charge < -0.3 is 2.85 Å². The summed E-state index contributed by atoms with van der Waals surface area (Å²) < 4.78 is 0. The molecule has 0 atom stereocenters. The van der Waals surface area contributed by atoms with Crippen LogP contribution in [-0.4, -0.2) is 28.3 Å². The first-order valence-electron chi connectivity index (χ1n) is 0.893. The molecule has 0 aromatic rings. The molecule has 0 saturated heterocycles. The topological polar surface area (TPSA) is 17.1 Å². The molecule has 0 saturated carbocycles. The Morgan fingerprint density at radius 2 is 2.00 bits per heavy atom. The summed E-state index contributed by atoms with van der Waals surface area (Å²) in [7, 11) is 0. The van der Waals surface area contributed by atoms with Gasteiger partial charge in [-0.05, 0) is 11.6 Å². The van der Waals surface area contributed by atoms with Gasteiger partial charge in [0.1, 0.15) is 0 Å². The van der Waals surface area contributed by atoms with Crippen molar-refractivity contribution in [2.75, 3.05) is 0 Å². The minimum Gasteiger partial charge on any atom is -1.00 e. The van der Waals surface area contributed by atoms with Gasteiger partial charge in [-0.3, -0.25) is 4.79 Å². The molecule has 0 unspecified atom stereocenters. The Balaban J connectivity index is -0.0000000150. The monoisotopic (exact) mass is 104 g/mol. The molecule has 0 radical (unpaired) electrons. The third-order valence-corrected chi connectivity index (χ3v) is 0. The van der Waals surface area contributed by atoms with Crippen LogP contribution in [0.3, 0.4) is 0 Å². The summed E-state index contributed by atoms with van der Waals surface area (Å²) in [4.78, 5) is 9.21. The molecule has 0 rings (SSSR count). The molecule has 1 nitrogen and oxygen atoms in total. The normalized spacial score (nSPS) is 5.20. The van der Waals surface area contributed by atoms with E-state index >= 15 is 0 Å². The van der Waals surface area contributed by atoms with Crippen LogP contribution in [0, 0.1) is 0 Å². The van der Waals surface area contributed by atoms with Crippen LogP contribution < -0.4 is 0 Å². The fourth-order valence-corrected chi connectivity index (χ4v) is 0. The van der Waals surface area contributed by atoms with Crippen LogP contribution in [-0.2, 0) is 4.79 Å². The molecule has 0 aromatic heterocycles. The summed E-state index contributed by atoms with van der Waals surface area (Å²) in [5, 5.41) is -0.361. The second kappa shape index (κ2) is 4.73. The van der Waals surface area contributed by atoms with Crippen molar-refractivity contribution in [3.8, 4) is 0 Å². The Morgan fingerprint density at radius 1 is 2.00 bits per heavy atom. The van der Waals surface area contributed by atoms with Gasteiger partial charge in [0, 0.05) is 6.92 Å². The fourth-order valence-electron chi connectivity index (χ4n) is 0. The van der Waals surface area contributed by atoms with Crippen LogP contribution in [0.15, 0.2) is 0 Å². The van der Waals surface area contributed by atoms with Gasteiger partial charge in [-0.15, -0.1) is 0 Å². The maximum Gasteiger partial charge on any atom is 2.00 e. The van der Waals surface area contributed by atoms with E-state index in [4.69, 9.17) is 0 Å². The average molecular weight is 105 g/mol. The van der Waals surface area contributed by atoms with Crippen LogP contribution in [0.1, 0.15) is 9.78 Å². The number of halogens is 1. The number of rotatable bonds is 0. The zero-order valence-electron chi connectivity index (χ0n) is 4.99. The van der Waals surface area contributed by atoms with Gasteiger partial charge in [-0.1, -0.05) is 0 Å². The van der Waals surface area contributed by atoms with Crippen molar-refractivity contribution >= 4 is 39.9 Å². The van der Waals surface area contributed by atoms with Crippen LogP contribution in [0.25, 0.3) is 0 Å². The Kier molecular flexibility index (Phi) is 8.71. The van der Waals surface area contributed by atoms with E-state index < -0.39 is 0 Å². The van der Waals surface area contributed by atoms with Crippen molar-refractivity contribution in [2.45, 2.75) is 6.92 Å². The molecule has 0 aliphatic carbocycles. The average Bonchev–Trinajstić information content (AvgIpc) is 0.811. The quantitative estimate of drug-likeness (QED) is 0.325. The van der Waals surface area contributed by atoms with E-state index in [1.165, 1.54) is 6.92 Å². The van der Waals surface area contributed by atoms with Crippen molar-refractivity contribution in [1.29, 1.82) is 0 Å². The van der Waals surface area contributed by atoms with Crippen molar-refractivity contribution in [3.05, 3.63) is 0 Å². The minimum absolute atomic E-state index is 0. The molecule has 5 heavy (non-hydrogen) atoms. The van der Waals surface area contributed by atoms with E-state index in [1.54, 1.807) is 0 Å². The Bertz CT molecular complexity index is 38.7. The van der Waals surface area contributed by atoms with Gasteiger partial charge in [0.2, 0.25) is 5.24 Å². The summed E-state index contributed by atoms with van der Waals surface area (Å²) in [5.41, 5.74) is 0. The van der Waals surface area contributed by atoms with Gasteiger partial charge in [-0.25, -0.2) is 0 Å². The molecule has 0 aromatic carbocycles. The summed E-state index contributed by atoms with van der Waals surface area (Å²) in [6.45, 7) is 1.29. The predicted octanol–water partition coefficient (Wildman–Crippen LogP) is 0.616. The zero-order chi connectivity index (χ0) is 3.58. The van der Waals surface area contributed by atoms with Crippen LogP contribution >= 0.6 is 11.6 Å². The minimum atomic E-state index is -0.361. The number of carbonyl (C=O) groups excluding carboxylic acids is 1. The van der Waals surface area contributed by atoms with Crippen molar-refractivity contribution in [1.82, 2.24) is 0 Å². The molecule has 0 heterocycles. The van der Waals surface area contributed by atoms with E-state index in [1.807, 2.05) is 0 Å². The molecule has 0 aliphatic heterocycles. The molecule has 28 valence electrons. The van der Waals surface area contributed by atoms with Gasteiger partial charge >= 0.3 is 23.1 Å². The summed E-state index contributed by atoms with van der Waals surface area (Å²) in [6.07, 6.45) is 0. The Labute approximate surface area is 54.8 Å². The van der Waals surface area contributed by atoms with Crippen molar-refractivity contribution in [2.24, 2.45) is 0 Å². The summed E-state index contributed by atoms with van der Waals surface area (Å²) in [5.74, 6) is 0. The second-order valence-corrected chi connectivity index (χ2v) is 1.00. The van der Waals surface area contributed by atoms with E-state index in [2.05, 4.69) is 11.6 Å². The molecule has 0 fully saturated rings. The first kappa shape index (κ1) is 9.21. The van der Waals surface area contributed by atoms with Crippen LogP contribution in [0.5, 0.6) is 0 Å². The molecule has 0 bridgehead atoms. The third-order valence-electron chi connectivity index (χ3n) is 0. The molecule has 0 spiro atoms. The fraction of sp³-hybridized carbons (Fsp3) is 0.500. The molecular formula is C2H5ClMgO. The molecule has 3 heteroatoms. The molecule has 0 amide bonds. The van der Waals surface area contributed by atoms with Gasteiger partial charge in [0.25, 0.3) is 0 Å². The third kappa shape index (κ3) is 66.6. The van der Waals surface area contributed by atoms with Gasteiger partial charge in [-0.2, -0.15) is 0 Å². The van der Waals surface area contributed by atoms with Gasteiger partial charge in [0.05, 0.1) is 0 Å². The van der Waals surface area contributed by atoms with E-state index in [-0.39, 0.29) is 31.1 Å².